The van der Waals surface area contributed by atoms with E-state index in [2.05, 4.69) is 12.2 Å². The quantitative estimate of drug-likeness (QED) is 0.338. The third kappa shape index (κ3) is 4.09. The molecule has 1 N–H and O–H groups in total. The fourth-order valence-electron chi connectivity index (χ4n) is 1.91. The molecular weight excluding hydrogens is 204 g/mol. The lowest BCUT2D eigenvalue weighted by Gasteiger charge is -2.16. The number of aliphatic hydroxyl groups excluding tert-OH is 1. The summed E-state index contributed by atoms with van der Waals surface area (Å²) in [5.74, 6) is 0.142. The summed E-state index contributed by atoms with van der Waals surface area (Å²) >= 11 is 0. The van der Waals surface area contributed by atoms with Gasteiger partial charge in [-0.2, -0.15) is 0 Å². The molecule has 1 aliphatic rings. The second-order valence-corrected chi connectivity index (χ2v) is 4.03. The highest BCUT2D eigenvalue weighted by Crippen LogP contribution is 2.23. The predicted molar refractivity (Wildman–Crippen MR) is 63.1 cm³/mol. The Hall–Kier alpha value is -1.25. The van der Waals surface area contributed by atoms with Gasteiger partial charge >= 0.3 is 5.97 Å². The van der Waals surface area contributed by atoms with E-state index in [-0.39, 0.29) is 0 Å². The Labute approximate surface area is 96.8 Å². The first-order valence-corrected chi connectivity index (χ1v) is 5.95. The van der Waals surface area contributed by atoms with E-state index >= 15 is 0 Å². The molecule has 0 heterocycles. The molecule has 1 aliphatic carbocycles. The molecule has 1 rings (SSSR count). The zero-order chi connectivity index (χ0) is 11.8. The van der Waals surface area contributed by atoms with Gasteiger partial charge in [-0.1, -0.05) is 12.2 Å². The van der Waals surface area contributed by atoms with Crippen LogP contribution < -0.4 is 0 Å². The van der Waals surface area contributed by atoms with Crippen LogP contribution in [0.3, 0.4) is 0 Å². The average Bonchev–Trinajstić information content (AvgIpc) is 2.31. The highest BCUT2D eigenvalue weighted by Gasteiger charge is 2.14. The van der Waals surface area contributed by atoms with E-state index in [1.54, 1.807) is 6.92 Å². The van der Waals surface area contributed by atoms with Crippen LogP contribution in [-0.2, 0) is 9.53 Å². The van der Waals surface area contributed by atoms with Crippen LogP contribution >= 0.6 is 0 Å². The number of esters is 1. The minimum Gasteiger partial charge on any atom is -0.515 e. The lowest BCUT2D eigenvalue weighted by molar-refractivity contribution is -0.138. The van der Waals surface area contributed by atoms with Crippen LogP contribution in [0.15, 0.2) is 24.0 Å². The van der Waals surface area contributed by atoms with Crippen LogP contribution in [0.2, 0.25) is 0 Å². The van der Waals surface area contributed by atoms with Crippen LogP contribution in [0.25, 0.3) is 0 Å². The topological polar surface area (TPSA) is 46.5 Å². The standard InChI is InChI=1S/C13H20O3/c1-2-16-13(15)12(10-14)9-8-11-6-4-3-5-7-11/h4,6,10-11,14H,2-3,5,7-9H2,1H3/b12-10-. The van der Waals surface area contributed by atoms with E-state index < -0.39 is 5.97 Å². The van der Waals surface area contributed by atoms with E-state index in [0.29, 0.717) is 24.5 Å². The van der Waals surface area contributed by atoms with E-state index in [9.17, 15) is 4.79 Å². The van der Waals surface area contributed by atoms with Crippen molar-refractivity contribution in [2.45, 2.75) is 39.0 Å². The molecule has 0 fully saturated rings. The highest BCUT2D eigenvalue weighted by molar-refractivity contribution is 5.88. The van der Waals surface area contributed by atoms with Gasteiger partial charge in [-0.15, -0.1) is 0 Å². The first kappa shape index (κ1) is 12.8. The van der Waals surface area contributed by atoms with Gasteiger partial charge in [0, 0.05) is 0 Å². The molecular formula is C13H20O3. The van der Waals surface area contributed by atoms with Gasteiger partial charge in [-0.3, -0.25) is 0 Å². The first-order chi connectivity index (χ1) is 7.77. The molecule has 0 saturated carbocycles. The molecule has 1 atom stereocenters. The summed E-state index contributed by atoms with van der Waals surface area (Å²) in [7, 11) is 0. The molecule has 90 valence electrons. The molecule has 0 spiro atoms. The van der Waals surface area contributed by atoms with E-state index in [1.165, 1.54) is 12.8 Å². The fraction of sp³-hybridized carbons (Fsp3) is 0.615. The number of aliphatic hydroxyl groups is 1. The van der Waals surface area contributed by atoms with Gasteiger partial charge in [0.25, 0.3) is 0 Å². The molecule has 0 aromatic rings. The second-order valence-electron chi connectivity index (χ2n) is 4.03. The normalized spacial score (nSPS) is 20.8. The van der Waals surface area contributed by atoms with Crippen molar-refractivity contribution in [2.24, 2.45) is 5.92 Å². The summed E-state index contributed by atoms with van der Waals surface area (Å²) in [6.45, 7) is 2.11. The SMILES string of the molecule is CCOC(=O)/C(=C\O)CCC1C=CCCC1. The first-order valence-electron chi connectivity index (χ1n) is 5.95. The summed E-state index contributed by atoms with van der Waals surface area (Å²) in [6.07, 6.45) is 10.3. The molecule has 0 aliphatic heterocycles. The molecule has 1 unspecified atom stereocenters. The van der Waals surface area contributed by atoms with E-state index in [1.807, 2.05) is 0 Å². The van der Waals surface area contributed by atoms with Gasteiger partial charge in [-0.05, 0) is 44.9 Å². The maximum atomic E-state index is 11.4. The van der Waals surface area contributed by atoms with E-state index in [4.69, 9.17) is 9.84 Å². The number of allylic oxidation sites excluding steroid dienone is 2. The Kier molecular flexibility index (Phi) is 5.68. The van der Waals surface area contributed by atoms with Crippen molar-refractivity contribution in [2.75, 3.05) is 6.61 Å². The van der Waals surface area contributed by atoms with E-state index in [0.717, 1.165) is 19.1 Å². The van der Waals surface area contributed by atoms with Crippen molar-refractivity contribution >= 4 is 5.97 Å². The smallest absolute Gasteiger partial charge is 0.337 e. The summed E-state index contributed by atoms with van der Waals surface area (Å²) in [4.78, 5) is 11.4. The molecule has 0 aromatic carbocycles. The lowest BCUT2D eigenvalue weighted by Crippen LogP contribution is -2.10. The van der Waals surface area contributed by atoms with Crippen LogP contribution in [0.4, 0.5) is 0 Å². The zero-order valence-corrected chi connectivity index (χ0v) is 9.82. The van der Waals surface area contributed by atoms with Crippen molar-refractivity contribution in [3.8, 4) is 0 Å². The maximum absolute atomic E-state index is 11.4. The molecule has 0 amide bonds. The minimum absolute atomic E-state index is 0.347. The number of hydrogen-bond acceptors (Lipinski definition) is 3. The molecule has 16 heavy (non-hydrogen) atoms. The van der Waals surface area contributed by atoms with Crippen LogP contribution in [0.5, 0.6) is 0 Å². The van der Waals surface area contributed by atoms with Crippen molar-refractivity contribution in [3.63, 3.8) is 0 Å². The lowest BCUT2D eigenvalue weighted by atomic mass is 9.90. The van der Waals surface area contributed by atoms with Gasteiger partial charge in [0.15, 0.2) is 0 Å². The van der Waals surface area contributed by atoms with Crippen LogP contribution in [-0.4, -0.2) is 17.7 Å². The van der Waals surface area contributed by atoms with Gasteiger partial charge in [0.2, 0.25) is 0 Å². The Balaban J connectivity index is 2.36. The number of carbonyl (C=O) groups excluding carboxylic acids is 1. The molecule has 0 bridgehead atoms. The number of hydrogen-bond donors (Lipinski definition) is 1. The maximum Gasteiger partial charge on any atom is 0.337 e. The van der Waals surface area contributed by atoms with Crippen LogP contribution in [0.1, 0.15) is 39.0 Å². The van der Waals surface area contributed by atoms with Crippen molar-refractivity contribution < 1.29 is 14.6 Å². The van der Waals surface area contributed by atoms with Gasteiger partial charge in [-0.25, -0.2) is 4.79 Å². The zero-order valence-electron chi connectivity index (χ0n) is 9.82. The third-order valence-electron chi connectivity index (χ3n) is 2.83. The Morgan fingerprint density at radius 2 is 2.44 bits per heavy atom. The Bertz CT molecular complexity index is 279. The van der Waals surface area contributed by atoms with Gasteiger partial charge in [0.1, 0.15) is 0 Å². The summed E-state index contributed by atoms with van der Waals surface area (Å²) in [6, 6.07) is 0. The monoisotopic (exact) mass is 224 g/mol. The molecule has 0 saturated heterocycles. The third-order valence-corrected chi connectivity index (χ3v) is 2.83. The van der Waals surface area contributed by atoms with Crippen molar-refractivity contribution in [1.82, 2.24) is 0 Å². The predicted octanol–water partition coefficient (Wildman–Crippen LogP) is 3.13. The highest BCUT2D eigenvalue weighted by atomic mass is 16.5. The Morgan fingerprint density at radius 3 is 3.00 bits per heavy atom. The molecule has 0 radical (unpaired) electrons. The minimum atomic E-state index is -0.398. The second kappa shape index (κ2) is 7.09. The van der Waals surface area contributed by atoms with Gasteiger partial charge in [0.05, 0.1) is 18.4 Å². The molecule has 3 nitrogen and oxygen atoms in total. The Morgan fingerprint density at radius 1 is 1.62 bits per heavy atom. The number of rotatable bonds is 5. The van der Waals surface area contributed by atoms with Crippen LogP contribution in [0, 0.1) is 5.92 Å². The summed E-state index contributed by atoms with van der Waals surface area (Å²) < 4.78 is 4.85. The van der Waals surface area contributed by atoms with Crippen molar-refractivity contribution in [1.29, 1.82) is 0 Å². The van der Waals surface area contributed by atoms with Gasteiger partial charge < -0.3 is 9.84 Å². The average molecular weight is 224 g/mol. The number of carbonyl (C=O) groups is 1. The number of ether oxygens (including phenoxy) is 1. The summed E-state index contributed by atoms with van der Waals surface area (Å²) in [5, 5.41) is 8.97. The van der Waals surface area contributed by atoms with Crippen molar-refractivity contribution in [3.05, 3.63) is 24.0 Å². The molecule has 0 aromatic heterocycles. The molecule has 3 heteroatoms. The largest absolute Gasteiger partial charge is 0.515 e. The fourth-order valence-corrected chi connectivity index (χ4v) is 1.91. The summed E-state index contributed by atoms with van der Waals surface area (Å²) in [5.41, 5.74) is 0.376.